The van der Waals surface area contributed by atoms with Crippen LogP contribution < -0.4 is 0 Å². The molecule has 0 aliphatic rings. The average molecular weight is 241 g/mol. The van der Waals surface area contributed by atoms with Crippen LogP contribution in [0.2, 0.25) is 0 Å². The fourth-order valence-corrected chi connectivity index (χ4v) is 2.11. The Hall–Kier alpha value is -2.14. The van der Waals surface area contributed by atoms with Gasteiger partial charge in [0.2, 0.25) is 0 Å². The Morgan fingerprint density at radius 1 is 1.11 bits per heavy atom. The molecule has 5 heteroatoms. The lowest BCUT2D eigenvalue weighted by Gasteiger charge is -2.12. The van der Waals surface area contributed by atoms with Crippen molar-refractivity contribution >= 4 is 10.9 Å². The Kier molecular flexibility index (Phi) is 2.60. The monoisotopic (exact) mass is 241 g/mol. The third-order valence-electron chi connectivity index (χ3n) is 2.91. The minimum atomic E-state index is 0.884. The molecule has 0 fully saturated rings. The molecule has 0 atom stereocenters. The van der Waals surface area contributed by atoms with Crippen LogP contribution in [-0.4, -0.2) is 38.3 Å². The van der Waals surface area contributed by atoms with E-state index in [1.165, 1.54) is 10.9 Å². The van der Waals surface area contributed by atoms with Gasteiger partial charge in [0.1, 0.15) is 12.7 Å². The summed E-state index contributed by atoms with van der Waals surface area (Å²) in [6.45, 7) is 0.884. The number of aromatic nitrogens is 4. The molecular weight excluding hydrogens is 226 g/mol. The Morgan fingerprint density at radius 3 is 2.61 bits per heavy atom. The molecule has 18 heavy (non-hydrogen) atoms. The number of nitrogens with zero attached hydrogens (tertiary/aromatic N) is 5. The zero-order chi connectivity index (χ0) is 12.5. The number of rotatable bonds is 3. The number of hydrogen-bond donors (Lipinski definition) is 0. The van der Waals surface area contributed by atoms with Crippen LogP contribution >= 0.6 is 0 Å². The SMILES string of the molecule is CN(C)Cn1ccc2cc(-n3cnnc3)ccc21. The molecule has 0 spiro atoms. The number of fused-ring (bicyclic) bond motifs is 1. The summed E-state index contributed by atoms with van der Waals surface area (Å²) in [4.78, 5) is 2.15. The van der Waals surface area contributed by atoms with Crippen molar-refractivity contribution < 1.29 is 0 Å². The van der Waals surface area contributed by atoms with Crippen LogP contribution in [0.15, 0.2) is 43.1 Å². The Balaban J connectivity index is 2.04. The van der Waals surface area contributed by atoms with Crippen LogP contribution in [0.25, 0.3) is 16.6 Å². The summed E-state index contributed by atoms with van der Waals surface area (Å²) < 4.78 is 4.13. The number of benzene rings is 1. The molecule has 2 aromatic heterocycles. The van der Waals surface area contributed by atoms with Crippen molar-refractivity contribution in [2.45, 2.75) is 6.67 Å². The average Bonchev–Trinajstić information content (AvgIpc) is 2.97. The van der Waals surface area contributed by atoms with Crippen LogP contribution in [0.3, 0.4) is 0 Å². The summed E-state index contributed by atoms with van der Waals surface area (Å²) in [6.07, 6.45) is 5.52. The molecule has 1 aromatic carbocycles. The van der Waals surface area contributed by atoms with Crippen molar-refractivity contribution in [2.75, 3.05) is 14.1 Å². The summed E-state index contributed by atoms with van der Waals surface area (Å²) in [5, 5.41) is 8.87. The van der Waals surface area contributed by atoms with E-state index >= 15 is 0 Å². The maximum atomic E-state index is 3.82. The molecule has 5 nitrogen and oxygen atoms in total. The predicted molar refractivity (Wildman–Crippen MR) is 70.5 cm³/mol. The van der Waals surface area contributed by atoms with E-state index < -0.39 is 0 Å². The van der Waals surface area contributed by atoms with E-state index in [0.29, 0.717) is 0 Å². The highest BCUT2D eigenvalue weighted by Crippen LogP contribution is 2.19. The van der Waals surface area contributed by atoms with E-state index in [1.807, 2.05) is 4.57 Å². The number of hydrogen-bond acceptors (Lipinski definition) is 3. The van der Waals surface area contributed by atoms with E-state index in [4.69, 9.17) is 0 Å². The zero-order valence-corrected chi connectivity index (χ0v) is 10.5. The first-order valence-electron chi connectivity index (χ1n) is 5.83. The van der Waals surface area contributed by atoms with Gasteiger partial charge in [0.05, 0.1) is 6.67 Å². The molecule has 0 amide bonds. The lowest BCUT2D eigenvalue weighted by Crippen LogP contribution is -2.15. The second-order valence-corrected chi connectivity index (χ2v) is 4.62. The third kappa shape index (κ3) is 1.89. The van der Waals surface area contributed by atoms with E-state index in [0.717, 1.165) is 12.4 Å². The van der Waals surface area contributed by atoms with Gasteiger partial charge in [-0.25, -0.2) is 0 Å². The third-order valence-corrected chi connectivity index (χ3v) is 2.91. The lowest BCUT2D eigenvalue weighted by atomic mass is 10.2. The maximum absolute atomic E-state index is 3.82. The van der Waals surface area contributed by atoms with Gasteiger partial charge in [-0.05, 0) is 38.4 Å². The van der Waals surface area contributed by atoms with E-state index in [1.54, 1.807) is 12.7 Å². The van der Waals surface area contributed by atoms with Gasteiger partial charge >= 0.3 is 0 Å². The molecule has 92 valence electrons. The highest BCUT2D eigenvalue weighted by molar-refractivity contribution is 5.82. The summed E-state index contributed by atoms with van der Waals surface area (Å²) >= 11 is 0. The van der Waals surface area contributed by atoms with Gasteiger partial charge < -0.3 is 4.57 Å². The molecule has 0 N–H and O–H groups in total. The molecule has 3 aromatic rings. The van der Waals surface area contributed by atoms with Crippen molar-refractivity contribution in [1.29, 1.82) is 0 Å². The summed E-state index contributed by atoms with van der Waals surface area (Å²) in [5.41, 5.74) is 2.32. The Morgan fingerprint density at radius 2 is 1.89 bits per heavy atom. The quantitative estimate of drug-likeness (QED) is 0.701. The maximum Gasteiger partial charge on any atom is 0.123 e. The van der Waals surface area contributed by atoms with Gasteiger partial charge in [-0.2, -0.15) is 0 Å². The summed E-state index contributed by atoms with van der Waals surface area (Å²) in [6, 6.07) is 8.49. The summed E-state index contributed by atoms with van der Waals surface area (Å²) in [7, 11) is 4.13. The largest absolute Gasteiger partial charge is 0.334 e. The van der Waals surface area contributed by atoms with Crippen molar-refractivity contribution in [3.63, 3.8) is 0 Å². The van der Waals surface area contributed by atoms with Crippen molar-refractivity contribution in [3.05, 3.63) is 43.1 Å². The van der Waals surface area contributed by atoms with Crippen LogP contribution in [0, 0.1) is 0 Å². The fraction of sp³-hybridized carbons (Fsp3) is 0.231. The first-order valence-corrected chi connectivity index (χ1v) is 5.83. The molecule has 0 radical (unpaired) electrons. The molecule has 3 rings (SSSR count). The Labute approximate surface area is 105 Å². The first kappa shape index (κ1) is 11.0. The standard InChI is InChI=1S/C13H15N5/c1-16(2)10-17-6-5-11-7-12(3-4-13(11)17)18-8-14-15-9-18/h3-9H,10H2,1-2H3. The van der Waals surface area contributed by atoms with Gasteiger partial charge in [-0.1, -0.05) is 0 Å². The minimum absolute atomic E-state index is 0.884. The smallest absolute Gasteiger partial charge is 0.123 e. The van der Waals surface area contributed by atoms with E-state index in [9.17, 15) is 0 Å². The van der Waals surface area contributed by atoms with Crippen LogP contribution in [0.1, 0.15) is 0 Å². The predicted octanol–water partition coefficient (Wildman–Crippen LogP) is 1.74. The molecule has 0 saturated carbocycles. The van der Waals surface area contributed by atoms with Gasteiger partial charge in [0.25, 0.3) is 0 Å². The second-order valence-electron chi connectivity index (χ2n) is 4.62. The zero-order valence-electron chi connectivity index (χ0n) is 10.5. The molecule has 0 saturated heterocycles. The van der Waals surface area contributed by atoms with Crippen molar-refractivity contribution in [1.82, 2.24) is 24.2 Å². The lowest BCUT2D eigenvalue weighted by molar-refractivity contribution is 0.333. The second kappa shape index (κ2) is 4.27. The molecule has 0 unspecified atom stereocenters. The Bertz CT molecular complexity index is 651. The van der Waals surface area contributed by atoms with Gasteiger partial charge in [-0.15, -0.1) is 10.2 Å². The van der Waals surface area contributed by atoms with Gasteiger partial charge in [0, 0.05) is 22.8 Å². The topological polar surface area (TPSA) is 38.9 Å². The molecular formula is C13H15N5. The van der Waals surface area contributed by atoms with Crippen molar-refractivity contribution in [2.24, 2.45) is 0 Å². The van der Waals surface area contributed by atoms with Crippen LogP contribution in [0.4, 0.5) is 0 Å². The molecule has 0 aliphatic carbocycles. The molecule has 2 heterocycles. The highest BCUT2D eigenvalue weighted by atomic mass is 15.2. The molecule has 0 bridgehead atoms. The minimum Gasteiger partial charge on any atom is -0.334 e. The van der Waals surface area contributed by atoms with Crippen LogP contribution in [0.5, 0.6) is 0 Å². The highest BCUT2D eigenvalue weighted by Gasteiger charge is 2.04. The summed E-state index contributed by atoms with van der Waals surface area (Å²) in [5.74, 6) is 0. The van der Waals surface area contributed by atoms with E-state index in [-0.39, 0.29) is 0 Å². The van der Waals surface area contributed by atoms with Crippen LogP contribution in [-0.2, 0) is 6.67 Å². The normalized spacial score (nSPS) is 11.5. The first-order chi connectivity index (χ1) is 8.74. The van der Waals surface area contributed by atoms with Gasteiger partial charge in [0.15, 0.2) is 0 Å². The van der Waals surface area contributed by atoms with Gasteiger partial charge in [-0.3, -0.25) is 9.47 Å². The fourth-order valence-electron chi connectivity index (χ4n) is 2.11. The van der Waals surface area contributed by atoms with Crippen molar-refractivity contribution in [3.8, 4) is 5.69 Å². The van der Waals surface area contributed by atoms with E-state index in [2.05, 4.69) is 64.2 Å². The molecule has 0 aliphatic heterocycles.